The fourth-order valence-electron chi connectivity index (χ4n) is 1.27. The van der Waals surface area contributed by atoms with Crippen molar-refractivity contribution in [1.29, 1.82) is 0 Å². The molecule has 0 radical (unpaired) electrons. The summed E-state index contributed by atoms with van der Waals surface area (Å²) in [6, 6.07) is 1.11. The molecule has 0 aliphatic carbocycles. The summed E-state index contributed by atoms with van der Waals surface area (Å²) in [6.07, 6.45) is 1.67. The number of aryl methyl sites for hydroxylation is 1. The number of aromatic nitrogens is 2. The van der Waals surface area contributed by atoms with E-state index in [9.17, 15) is 9.90 Å². The lowest BCUT2D eigenvalue weighted by atomic mass is 10.5. The second-order valence-corrected chi connectivity index (χ2v) is 3.49. The molecule has 2 aromatic rings. The molecule has 0 saturated carbocycles. The molecular formula is C8H8N2O2S. The summed E-state index contributed by atoms with van der Waals surface area (Å²) in [4.78, 5) is 12.0. The average Bonchev–Trinajstić information content (AvgIpc) is 2.53. The van der Waals surface area contributed by atoms with Crippen molar-refractivity contribution in [2.75, 3.05) is 0 Å². The Morgan fingerprint density at radius 3 is 3.15 bits per heavy atom. The van der Waals surface area contributed by atoms with Crippen molar-refractivity contribution in [3.63, 3.8) is 0 Å². The van der Waals surface area contributed by atoms with Crippen molar-refractivity contribution < 1.29 is 9.67 Å². The van der Waals surface area contributed by atoms with E-state index in [2.05, 4.69) is 0 Å². The molecule has 0 amide bonds. The quantitative estimate of drug-likeness (QED) is 0.590. The van der Waals surface area contributed by atoms with E-state index in [1.165, 1.54) is 15.7 Å². The molecule has 0 unspecified atom stereocenters. The van der Waals surface area contributed by atoms with Gasteiger partial charge < -0.3 is 5.11 Å². The van der Waals surface area contributed by atoms with E-state index in [0.717, 1.165) is 6.07 Å². The van der Waals surface area contributed by atoms with Crippen LogP contribution in [-0.4, -0.2) is 4.40 Å². The fraction of sp³-hybridized carbons (Fsp3) is 0.250. The van der Waals surface area contributed by atoms with Gasteiger partial charge in [0.15, 0.2) is 0 Å². The molecule has 0 fully saturated rings. The Bertz CT molecular complexity index is 500. The maximum atomic E-state index is 11.3. The van der Waals surface area contributed by atoms with E-state index in [0.29, 0.717) is 11.5 Å². The molecule has 68 valence electrons. The van der Waals surface area contributed by atoms with Crippen LogP contribution in [0.1, 0.15) is 6.92 Å². The summed E-state index contributed by atoms with van der Waals surface area (Å²) in [5.41, 5.74) is -0.258. The van der Waals surface area contributed by atoms with Gasteiger partial charge in [0.05, 0.1) is 18.5 Å². The molecule has 0 aliphatic rings. The number of rotatable bonds is 1. The Kier molecular flexibility index (Phi) is 1.81. The van der Waals surface area contributed by atoms with Gasteiger partial charge in [-0.15, -0.1) is 0 Å². The zero-order valence-electron chi connectivity index (χ0n) is 7.06. The highest BCUT2D eigenvalue weighted by molar-refractivity contribution is 7.14. The summed E-state index contributed by atoms with van der Waals surface area (Å²) >= 11 is 1.39. The molecule has 0 aromatic carbocycles. The van der Waals surface area contributed by atoms with Crippen LogP contribution in [-0.2, 0) is 6.54 Å². The van der Waals surface area contributed by atoms with Gasteiger partial charge in [-0.2, -0.15) is 4.40 Å². The van der Waals surface area contributed by atoms with Crippen molar-refractivity contribution in [2.24, 2.45) is 0 Å². The summed E-state index contributed by atoms with van der Waals surface area (Å²) in [5.74, 6) is -0.227. The molecule has 0 N–H and O–H groups in total. The fourth-order valence-corrected chi connectivity index (χ4v) is 2.19. The SMILES string of the molecule is CC[n+]1c([O-])cc(=O)n2ccsc21. The van der Waals surface area contributed by atoms with E-state index in [-0.39, 0.29) is 11.4 Å². The van der Waals surface area contributed by atoms with E-state index in [1.807, 2.05) is 6.92 Å². The second-order valence-electron chi connectivity index (χ2n) is 2.62. The zero-order chi connectivity index (χ0) is 9.42. The highest BCUT2D eigenvalue weighted by Crippen LogP contribution is 2.05. The Labute approximate surface area is 78.3 Å². The molecule has 0 saturated heterocycles. The lowest BCUT2D eigenvalue weighted by molar-refractivity contribution is -0.711. The molecule has 2 rings (SSSR count). The molecule has 2 heterocycles. The first-order chi connectivity index (χ1) is 6.24. The summed E-state index contributed by atoms with van der Waals surface area (Å²) in [7, 11) is 0. The van der Waals surface area contributed by atoms with E-state index < -0.39 is 0 Å². The topological polar surface area (TPSA) is 48.4 Å². The summed E-state index contributed by atoms with van der Waals surface area (Å²) in [5, 5.41) is 13.1. The van der Waals surface area contributed by atoms with Gasteiger partial charge in [0.2, 0.25) is 0 Å². The first-order valence-corrected chi connectivity index (χ1v) is 4.81. The van der Waals surface area contributed by atoms with Crippen molar-refractivity contribution >= 4 is 16.3 Å². The van der Waals surface area contributed by atoms with E-state index >= 15 is 0 Å². The molecule has 0 bridgehead atoms. The van der Waals surface area contributed by atoms with Crippen LogP contribution < -0.4 is 15.2 Å². The Morgan fingerprint density at radius 2 is 2.46 bits per heavy atom. The van der Waals surface area contributed by atoms with Crippen LogP contribution in [0, 0.1) is 0 Å². The van der Waals surface area contributed by atoms with Gasteiger partial charge in [0.25, 0.3) is 0 Å². The minimum atomic E-state index is -0.258. The molecule has 4 nitrogen and oxygen atoms in total. The van der Waals surface area contributed by atoms with Crippen molar-refractivity contribution in [3.8, 4) is 5.88 Å². The standard InChI is InChI=1S/C8H8N2O2S/c1-2-9-6(11)5-7(12)10-3-4-13-8(9)10/h3-5H,2H2,1H3. The lowest BCUT2D eigenvalue weighted by Gasteiger charge is -2.07. The Hall–Kier alpha value is -1.36. The number of thiazole rings is 1. The summed E-state index contributed by atoms with van der Waals surface area (Å²) < 4.78 is 3.06. The summed E-state index contributed by atoms with van der Waals surface area (Å²) in [6.45, 7) is 2.47. The number of fused-ring (bicyclic) bond motifs is 1. The van der Waals surface area contributed by atoms with Gasteiger partial charge in [-0.3, -0.25) is 0 Å². The largest absolute Gasteiger partial charge is 0.842 e. The molecule has 0 aliphatic heterocycles. The van der Waals surface area contributed by atoms with E-state index in [4.69, 9.17) is 0 Å². The highest BCUT2D eigenvalue weighted by atomic mass is 32.1. The predicted molar refractivity (Wildman–Crippen MR) is 46.9 cm³/mol. The van der Waals surface area contributed by atoms with Crippen LogP contribution in [0.5, 0.6) is 5.88 Å². The Morgan fingerprint density at radius 1 is 1.69 bits per heavy atom. The third-order valence-corrected chi connectivity index (χ3v) is 2.77. The predicted octanol–water partition coefficient (Wildman–Crippen LogP) is -0.258. The number of hydrogen-bond acceptors (Lipinski definition) is 3. The smallest absolute Gasteiger partial charge is 0.347 e. The highest BCUT2D eigenvalue weighted by Gasteiger charge is 2.10. The van der Waals surface area contributed by atoms with Gasteiger partial charge in [-0.25, -0.2) is 9.36 Å². The van der Waals surface area contributed by atoms with Crippen molar-refractivity contribution in [3.05, 3.63) is 28.0 Å². The number of nitrogens with zero attached hydrogens (tertiary/aromatic N) is 2. The maximum absolute atomic E-state index is 11.3. The van der Waals surface area contributed by atoms with Crippen LogP contribution in [0.4, 0.5) is 0 Å². The van der Waals surface area contributed by atoms with Crippen LogP contribution in [0.2, 0.25) is 0 Å². The molecular weight excluding hydrogens is 188 g/mol. The third kappa shape index (κ3) is 1.12. The minimum Gasteiger partial charge on any atom is -0.842 e. The van der Waals surface area contributed by atoms with E-state index in [1.54, 1.807) is 16.1 Å². The van der Waals surface area contributed by atoms with Crippen molar-refractivity contribution in [1.82, 2.24) is 4.40 Å². The van der Waals surface area contributed by atoms with Gasteiger partial charge >= 0.3 is 10.5 Å². The first-order valence-electron chi connectivity index (χ1n) is 3.93. The van der Waals surface area contributed by atoms with Gasteiger partial charge in [0.1, 0.15) is 6.20 Å². The molecule has 0 spiro atoms. The molecule has 2 aromatic heterocycles. The third-order valence-electron chi connectivity index (χ3n) is 1.89. The number of hydrogen-bond donors (Lipinski definition) is 0. The second kappa shape index (κ2) is 2.85. The Balaban J connectivity index is 2.97. The van der Waals surface area contributed by atoms with Crippen molar-refractivity contribution in [2.45, 2.75) is 13.5 Å². The van der Waals surface area contributed by atoms with Crippen LogP contribution in [0.3, 0.4) is 0 Å². The monoisotopic (exact) mass is 196 g/mol. The van der Waals surface area contributed by atoms with Crippen LogP contribution >= 0.6 is 11.3 Å². The van der Waals surface area contributed by atoms with Crippen LogP contribution in [0.25, 0.3) is 4.96 Å². The first kappa shape index (κ1) is 8.25. The molecule has 5 heteroatoms. The van der Waals surface area contributed by atoms with Crippen LogP contribution in [0.15, 0.2) is 22.4 Å². The molecule has 13 heavy (non-hydrogen) atoms. The molecule has 0 atom stereocenters. The average molecular weight is 196 g/mol. The van der Waals surface area contributed by atoms with Gasteiger partial charge in [-0.05, 0) is 6.92 Å². The lowest BCUT2D eigenvalue weighted by Crippen LogP contribution is -2.40. The maximum Gasteiger partial charge on any atom is 0.347 e. The zero-order valence-corrected chi connectivity index (χ0v) is 7.87. The minimum absolute atomic E-state index is 0.227. The van der Waals surface area contributed by atoms with Gasteiger partial charge in [-0.1, -0.05) is 11.3 Å². The van der Waals surface area contributed by atoms with Gasteiger partial charge in [0, 0.05) is 5.38 Å². The normalized spacial score (nSPS) is 10.8.